The van der Waals surface area contributed by atoms with Gasteiger partial charge in [0, 0.05) is 24.4 Å². The second-order valence-corrected chi connectivity index (χ2v) is 8.42. The zero-order valence-corrected chi connectivity index (χ0v) is 16.9. The average Bonchev–Trinajstić information content (AvgIpc) is 3.16. The second kappa shape index (κ2) is 7.91. The largest absolute Gasteiger partial charge is 0.497 e. The molecule has 3 aliphatic heterocycles. The molecule has 5 rings (SSSR count). The van der Waals surface area contributed by atoms with E-state index in [-0.39, 0.29) is 17.9 Å². The van der Waals surface area contributed by atoms with Crippen LogP contribution in [0, 0.1) is 11.8 Å². The number of benzene rings is 1. The maximum atomic E-state index is 12.5. The molecule has 2 bridgehead atoms. The number of nitrogens with zero attached hydrogens (tertiary/aromatic N) is 3. The van der Waals surface area contributed by atoms with Crippen molar-refractivity contribution >= 4 is 5.91 Å². The average molecular weight is 385 g/mol. The topological polar surface area (TPSA) is 73.5 Å². The highest BCUT2D eigenvalue weighted by Gasteiger charge is 2.46. The molecule has 150 valence electrons. The summed E-state index contributed by atoms with van der Waals surface area (Å²) >= 11 is 0. The molecule has 2 aromatic rings. The van der Waals surface area contributed by atoms with E-state index in [1.54, 1.807) is 7.11 Å². The summed E-state index contributed by atoms with van der Waals surface area (Å²) in [6.07, 6.45) is 4.26. The zero-order valence-electron chi connectivity index (χ0n) is 16.9. The number of fused-ring (bicyclic) bond motifs is 3. The number of amides is 1. The molecule has 0 aliphatic carbocycles. The molecule has 1 aromatic carbocycles. The highest BCUT2D eigenvalue weighted by molar-refractivity contribution is 5.79. The number of piperidine rings is 3. The molecule has 3 fully saturated rings. The van der Waals surface area contributed by atoms with Gasteiger partial charge in [0.15, 0.2) is 0 Å². The maximum Gasteiger partial charge on any atom is 0.229 e. The van der Waals surface area contributed by atoms with Gasteiger partial charge in [0.2, 0.25) is 5.91 Å². The van der Waals surface area contributed by atoms with Crippen molar-refractivity contribution in [1.29, 1.82) is 0 Å². The molecule has 0 saturated carbocycles. The van der Waals surface area contributed by atoms with E-state index in [2.05, 4.69) is 15.6 Å². The lowest BCUT2D eigenvalue weighted by Crippen LogP contribution is -3.20. The fourth-order valence-corrected chi connectivity index (χ4v) is 4.72. The number of quaternary nitrogens is 1. The Morgan fingerprint density at radius 1 is 1.36 bits per heavy atom. The third-order valence-electron chi connectivity index (χ3n) is 6.15. The monoisotopic (exact) mass is 384 g/mol. The molecular weight excluding hydrogens is 354 g/mol. The summed E-state index contributed by atoms with van der Waals surface area (Å²) < 4.78 is 7.17. The van der Waals surface area contributed by atoms with Gasteiger partial charge in [-0.1, -0.05) is 5.21 Å². The minimum absolute atomic E-state index is 0.160. The van der Waals surface area contributed by atoms with Crippen LogP contribution in [0.15, 0.2) is 30.5 Å². The Bertz CT molecular complexity index is 816. The molecule has 7 nitrogen and oxygen atoms in total. The summed E-state index contributed by atoms with van der Waals surface area (Å²) in [5.41, 5.74) is 1.91. The Balaban J connectivity index is 1.39. The first-order valence-electron chi connectivity index (χ1n) is 10.2. The number of hydrogen-bond donors (Lipinski definition) is 2. The van der Waals surface area contributed by atoms with Crippen molar-refractivity contribution in [2.45, 2.75) is 45.3 Å². The van der Waals surface area contributed by atoms with E-state index in [1.807, 2.05) is 49.0 Å². The number of carbonyl (C=O) groups excluding carboxylic acids is 1. The molecule has 3 aliphatic rings. The predicted molar refractivity (Wildman–Crippen MR) is 106 cm³/mol. The van der Waals surface area contributed by atoms with Crippen LogP contribution < -0.4 is 15.0 Å². The van der Waals surface area contributed by atoms with E-state index in [4.69, 9.17) is 4.74 Å². The number of ether oxygens (including phenoxy) is 1. The van der Waals surface area contributed by atoms with Gasteiger partial charge in [-0.05, 0) is 44.0 Å². The van der Waals surface area contributed by atoms with E-state index >= 15 is 0 Å². The van der Waals surface area contributed by atoms with Gasteiger partial charge in [-0.2, -0.15) is 0 Å². The molecular formula is C21H30N5O2+. The summed E-state index contributed by atoms with van der Waals surface area (Å²) in [4.78, 5) is 14.0. The van der Waals surface area contributed by atoms with Gasteiger partial charge in [-0.25, -0.2) is 4.68 Å². The molecule has 0 radical (unpaired) electrons. The fourth-order valence-electron chi connectivity index (χ4n) is 4.72. The van der Waals surface area contributed by atoms with Gasteiger partial charge >= 0.3 is 0 Å². The van der Waals surface area contributed by atoms with Crippen LogP contribution >= 0.6 is 0 Å². The van der Waals surface area contributed by atoms with Gasteiger partial charge in [-0.15, -0.1) is 5.10 Å². The molecule has 4 heterocycles. The van der Waals surface area contributed by atoms with Gasteiger partial charge in [-0.3, -0.25) is 4.79 Å². The summed E-state index contributed by atoms with van der Waals surface area (Å²) in [6.45, 7) is 7.00. The summed E-state index contributed by atoms with van der Waals surface area (Å²) in [7, 11) is 1.66. The van der Waals surface area contributed by atoms with Crippen LogP contribution in [0.5, 0.6) is 5.75 Å². The highest BCUT2D eigenvalue weighted by Crippen LogP contribution is 2.28. The predicted octanol–water partition coefficient (Wildman–Crippen LogP) is 0.772. The van der Waals surface area contributed by atoms with Crippen LogP contribution in [0.2, 0.25) is 0 Å². The van der Waals surface area contributed by atoms with Gasteiger partial charge in [0.25, 0.3) is 0 Å². The lowest BCUT2D eigenvalue weighted by molar-refractivity contribution is -0.945. The fraction of sp³-hybridized carbons (Fsp3) is 0.571. The van der Waals surface area contributed by atoms with Crippen LogP contribution in [0.25, 0.3) is 11.3 Å². The molecule has 4 atom stereocenters. The van der Waals surface area contributed by atoms with E-state index in [1.165, 1.54) is 4.90 Å². The van der Waals surface area contributed by atoms with Crippen molar-refractivity contribution in [3.8, 4) is 17.0 Å². The Hall–Kier alpha value is -2.41. The number of methoxy groups -OCH3 is 1. The van der Waals surface area contributed by atoms with Crippen molar-refractivity contribution in [1.82, 2.24) is 20.3 Å². The SMILES string of the molecule is COc1ccc(-c2cn(C[C@H]3C[C@@H]4CC[NH+]3C[C@@H]4C(=O)NC(C)C)nn2)cc1. The van der Waals surface area contributed by atoms with Crippen LogP contribution in [-0.4, -0.2) is 53.2 Å². The van der Waals surface area contributed by atoms with Crippen LogP contribution in [0.4, 0.5) is 0 Å². The minimum Gasteiger partial charge on any atom is -0.497 e. The third kappa shape index (κ3) is 3.90. The van der Waals surface area contributed by atoms with E-state index in [0.29, 0.717) is 12.0 Å². The Labute approximate surface area is 166 Å². The zero-order chi connectivity index (χ0) is 19.7. The lowest BCUT2D eigenvalue weighted by Gasteiger charge is -2.46. The number of carbonyl (C=O) groups is 1. The van der Waals surface area contributed by atoms with Gasteiger partial charge < -0.3 is 15.0 Å². The smallest absolute Gasteiger partial charge is 0.229 e. The molecule has 28 heavy (non-hydrogen) atoms. The second-order valence-electron chi connectivity index (χ2n) is 8.42. The summed E-state index contributed by atoms with van der Waals surface area (Å²) in [5, 5.41) is 11.8. The lowest BCUT2D eigenvalue weighted by atomic mass is 9.75. The summed E-state index contributed by atoms with van der Waals surface area (Å²) in [5.74, 6) is 1.72. The quantitative estimate of drug-likeness (QED) is 0.772. The molecule has 7 heteroatoms. The highest BCUT2D eigenvalue weighted by atomic mass is 16.5. The van der Waals surface area contributed by atoms with E-state index < -0.39 is 0 Å². The standard InChI is InChI=1S/C21H29N5O2/c1-14(2)22-21(27)19-12-25-9-8-16(19)10-17(25)11-26-13-20(23-24-26)15-4-6-18(28-3)7-5-15/h4-7,13-14,16-17,19H,8-12H2,1-3H3,(H,22,27)/p+1/t16-,17+,19-/m0/s1. The minimum atomic E-state index is 0.160. The molecule has 0 spiro atoms. The number of nitrogens with one attached hydrogen (secondary N) is 2. The van der Waals surface area contributed by atoms with Crippen molar-refractivity contribution < 1.29 is 14.4 Å². The van der Waals surface area contributed by atoms with Crippen LogP contribution in [-0.2, 0) is 11.3 Å². The molecule has 2 N–H and O–H groups in total. The molecule has 1 aromatic heterocycles. The Morgan fingerprint density at radius 2 is 2.14 bits per heavy atom. The Morgan fingerprint density at radius 3 is 2.79 bits per heavy atom. The first-order chi connectivity index (χ1) is 13.5. The van der Waals surface area contributed by atoms with E-state index in [0.717, 1.165) is 49.5 Å². The van der Waals surface area contributed by atoms with Crippen LogP contribution in [0.3, 0.4) is 0 Å². The maximum absolute atomic E-state index is 12.5. The normalized spacial score (nSPS) is 26.4. The molecule has 1 amide bonds. The van der Waals surface area contributed by atoms with Crippen molar-refractivity contribution in [2.75, 3.05) is 20.2 Å². The first kappa shape index (κ1) is 18.9. The van der Waals surface area contributed by atoms with E-state index in [9.17, 15) is 4.79 Å². The number of rotatable bonds is 6. The molecule has 1 unspecified atom stereocenters. The van der Waals surface area contributed by atoms with Crippen molar-refractivity contribution in [2.24, 2.45) is 11.8 Å². The van der Waals surface area contributed by atoms with Crippen molar-refractivity contribution in [3.05, 3.63) is 30.5 Å². The number of aromatic nitrogens is 3. The third-order valence-corrected chi connectivity index (χ3v) is 6.15. The molecule has 3 saturated heterocycles. The Kier molecular flexibility index (Phi) is 5.35. The first-order valence-corrected chi connectivity index (χ1v) is 10.2. The van der Waals surface area contributed by atoms with Crippen molar-refractivity contribution in [3.63, 3.8) is 0 Å². The van der Waals surface area contributed by atoms with Gasteiger partial charge in [0.1, 0.15) is 17.5 Å². The van der Waals surface area contributed by atoms with Crippen LogP contribution in [0.1, 0.15) is 26.7 Å². The summed E-state index contributed by atoms with van der Waals surface area (Å²) in [6, 6.07) is 8.59. The van der Waals surface area contributed by atoms with Gasteiger partial charge in [0.05, 0.1) is 38.9 Å². The number of hydrogen-bond acceptors (Lipinski definition) is 4.